The maximum absolute atomic E-state index is 5.37. The average molecular weight is 342 g/mol. The molecule has 3 nitrogen and oxygen atoms in total. The standard InChI is InChI=1S/C14H20BrN3S/c1-3-11-12(15)14(19)17-13(16-11)8-6-9-4-5-10(7-8)18(9)2/h8-10H,3-7H2,1-2H3,(H,16,17,19). The number of nitrogens with zero attached hydrogens (tertiary/aromatic N) is 2. The Labute approximate surface area is 127 Å². The molecule has 2 aliphatic rings. The number of halogens is 1. The first-order valence-corrected chi connectivity index (χ1v) is 8.30. The second kappa shape index (κ2) is 5.26. The minimum atomic E-state index is 0.550. The fraction of sp³-hybridized carbons (Fsp3) is 0.714. The van der Waals surface area contributed by atoms with E-state index in [1.807, 2.05) is 0 Å². The van der Waals surface area contributed by atoms with E-state index in [0.29, 0.717) is 10.6 Å². The van der Waals surface area contributed by atoms with Crippen molar-refractivity contribution in [1.82, 2.24) is 14.9 Å². The van der Waals surface area contributed by atoms with Gasteiger partial charge in [0.15, 0.2) is 0 Å². The highest BCUT2D eigenvalue weighted by atomic mass is 79.9. The molecule has 2 unspecified atom stereocenters. The molecule has 3 rings (SSSR count). The Kier molecular flexibility index (Phi) is 3.80. The molecule has 0 radical (unpaired) electrons. The Hall–Kier alpha value is -0.260. The number of fused-ring (bicyclic) bond motifs is 2. The number of aryl methyl sites for hydroxylation is 1. The molecule has 0 spiro atoms. The second-order valence-electron chi connectivity index (χ2n) is 5.79. The van der Waals surface area contributed by atoms with E-state index in [1.54, 1.807) is 0 Å². The van der Waals surface area contributed by atoms with E-state index in [-0.39, 0.29) is 0 Å². The predicted octanol–water partition coefficient (Wildman–Crippen LogP) is 3.80. The molecule has 1 aromatic heterocycles. The minimum absolute atomic E-state index is 0.550. The van der Waals surface area contributed by atoms with Gasteiger partial charge in [-0.15, -0.1) is 0 Å². The van der Waals surface area contributed by atoms with Crippen LogP contribution in [0.15, 0.2) is 4.47 Å². The van der Waals surface area contributed by atoms with E-state index in [1.165, 1.54) is 31.4 Å². The third kappa shape index (κ3) is 2.41. The second-order valence-corrected chi connectivity index (χ2v) is 6.97. The van der Waals surface area contributed by atoms with Crippen LogP contribution in [-0.2, 0) is 6.42 Å². The quantitative estimate of drug-likeness (QED) is 0.830. The monoisotopic (exact) mass is 341 g/mol. The summed E-state index contributed by atoms with van der Waals surface area (Å²) in [6.45, 7) is 2.15. The van der Waals surface area contributed by atoms with Crippen LogP contribution >= 0.6 is 28.1 Å². The molecule has 3 heterocycles. The zero-order valence-electron chi connectivity index (χ0n) is 11.4. The van der Waals surface area contributed by atoms with Crippen molar-refractivity contribution in [3.63, 3.8) is 0 Å². The molecule has 19 heavy (non-hydrogen) atoms. The molecule has 2 saturated heterocycles. The Morgan fingerprint density at radius 3 is 2.58 bits per heavy atom. The number of rotatable bonds is 2. The molecule has 2 atom stereocenters. The highest BCUT2D eigenvalue weighted by Crippen LogP contribution is 2.41. The molecule has 0 aliphatic carbocycles. The normalized spacial score (nSPS) is 30.8. The summed E-state index contributed by atoms with van der Waals surface area (Å²) in [6, 6.07) is 1.47. The Bertz CT molecular complexity index is 528. The maximum atomic E-state index is 5.37. The van der Waals surface area contributed by atoms with E-state index in [4.69, 9.17) is 12.2 Å². The summed E-state index contributed by atoms with van der Waals surface area (Å²) in [4.78, 5) is 10.7. The van der Waals surface area contributed by atoms with Crippen LogP contribution in [0.2, 0.25) is 0 Å². The van der Waals surface area contributed by atoms with Crippen LogP contribution in [0.4, 0.5) is 0 Å². The van der Waals surface area contributed by atoms with Crippen molar-refractivity contribution in [1.29, 1.82) is 0 Å². The molecular formula is C14H20BrN3S. The number of nitrogens with one attached hydrogen (secondary N) is 1. The molecule has 2 aliphatic heterocycles. The van der Waals surface area contributed by atoms with Gasteiger partial charge in [0.05, 0.1) is 4.47 Å². The van der Waals surface area contributed by atoms with Gasteiger partial charge < -0.3 is 9.88 Å². The SMILES string of the molecule is CCc1[nH]c(C2CC3CCC(C2)N3C)nc(=S)c1Br. The van der Waals surface area contributed by atoms with Gasteiger partial charge in [-0.2, -0.15) is 0 Å². The predicted molar refractivity (Wildman–Crippen MR) is 83.0 cm³/mol. The van der Waals surface area contributed by atoms with Gasteiger partial charge in [0.1, 0.15) is 10.5 Å². The lowest BCUT2D eigenvalue weighted by atomic mass is 9.90. The number of aromatic nitrogens is 2. The number of aromatic amines is 1. The molecule has 0 aromatic carbocycles. The number of hydrogen-bond donors (Lipinski definition) is 1. The summed E-state index contributed by atoms with van der Waals surface area (Å²) in [6.07, 6.45) is 6.08. The molecule has 2 fully saturated rings. The van der Waals surface area contributed by atoms with Crippen LogP contribution in [0.3, 0.4) is 0 Å². The molecule has 0 saturated carbocycles. The maximum Gasteiger partial charge on any atom is 0.144 e. The fourth-order valence-electron chi connectivity index (χ4n) is 3.60. The van der Waals surface area contributed by atoms with Gasteiger partial charge >= 0.3 is 0 Å². The van der Waals surface area contributed by atoms with Gasteiger partial charge in [-0.05, 0) is 55.1 Å². The van der Waals surface area contributed by atoms with Crippen molar-refractivity contribution >= 4 is 28.1 Å². The van der Waals surface area contributed by atoms with Crippen molar-refractivity contribution in [3.05, 3.63) is 20.6 Å². The van der Waals surface area contributed by atoms with Crippen molar-refractivity contribution in [2.75, 3.05) is 7.05 Å². The first-order valence-electron chi connectivity index (χ1n) is 7.10. The van der Waals surface area contributed by atoms with Crippen LogP contribution in [0, 0.1) is 4.64 Å². The Morgan fingerprint density at radius 1 is 1.37 bits per heavy atom. The minimum Gasteiger partial charge on any atom is -0.346 e. The summed E-state index contributed by atoms with van der Waals surface area (Å²) in [5.41, 5.74) is 1.18. The molecular weight excluding hydrogens is 322 g/mol. The van der Waals surface area contributed by atoms with Gasteiger partial charge in [-0.1, -0.05) is 19.1 Å². The van der Waals surface area contributed by atoms with Gasteiger partial charge in [-0.3, -0.25) is 0 Å². The lowest BCUT2D eigenvalue weighted by Gasteiger charge is -2.36. The third-order valence-corrected chi connectivity index (χ3v) is 6.20. The zero-order chi connectivity index (χ0) is 13.6. The van der Waals surface area contributed by atoms with Gasteiger partial charge in [0.25, 0.3) is 0 Å². The summed E-state index contributed by atoms with van der Waals surface area (Å²) in [5.74, 6) is 1.66. The zero-order valence-corrected chi connectivity index (χ0v) is 13.9. The summed E-state index contributed by atoms with van der Waals surface area (Å²) in [5, 5.41) is 0. The summed E-state index contributed by atoms with van der Waals surface area (Å²) in [7, 11) is 2.27. The Balaban J connectivity index is 1.91. The van der Waals surface area contributed by atoms with E-state index >= 15 is 0 Å². The number of piperidine rings is 1. The average Bonchev–Trinajstić information content (AvgIpc) is 2.64. The highest BCUT2D eigenvalue weighted by Gasteiger charge is 2.39. The molecule has 5 heteroatoms. The molecule has 1 aromatic rings. The van der Waals surface area contributed by atoms with Crippen LogP contribution in [0.25, 0.3) is 0 Å². The van der Waals surface area contributed by atoms with Crippen LogP contribution in [0.5, 0.6) is 0 Å². The summed E-state index contributed by atoms with van der Waals surface area (Å²) < 4.78 is 1.67. The molecule has 2 bridgehead atoms. The lowest BCUT2D eigenvalue weighted by molar-refractivity contribution is 0.158. The first-order chi connectivity index (χ1) is 9.10. The Morgan fingerprint density at radius 2 is 2.00 bits per heavy atom. The molecule has 1 N–H and O–H groups in total. The van der Waals surface area contributed by atoms with E-state index < -0.39 is 0 Å². The van der Waals surface area contributed by atoms with Crippen molar-refractivity contribution in [2.45, 2.75) is 57.0 Å². The fourth-order valence-corrected chi connectivity index (χ4v) is 4.29. The number of H-pyrrole nitrogens is 1. The smallest absolute Gasteiger partial charge is 0.144 e. The van der Waals surface area contributed by atoms with Gasteiger partial charge in [0.2, 0.25) is 0 Å². The molecule has 0 amide bonds. The topological polar surface area (TPSA) is 31.9 Å². The van der Waals surface area contributed by atoms with Gasteiger partial charge in [-0.25, -0.2) is 4.98 Å². The van der Waals surface area contributed by atoms with Crippen LogP contribution in [-0.4, -0.2) is 34.0 Å². The van der Waals surface area contributed by atoms with Gasteiger partial charge in [0, 0.05) is 23.7 Å². The first kappa shape index (κ1) is 13.7. The van der Waals surface area contributed by atoms with Crippen molar-refractivity contribution in [2.24, 2.45) is 0 Å². The van der Waals surface area contributed by atoms with E-state index in [9.17, 15) is 0 Å². The third-order valence-electron chi connectivity index (χ3n) is 4.79. The summed E-state index contributed by atoms with van der Waals surface area (Å²) >= 11 is 8.91. The lowest BCUT2D eigenvalue weighted by Crippen LogP contribution is -2.39. The van der Waals surface area contributed by atoms with Crippen molar-refractivity contribution in [3.8, 4) is 0 Å². The van der Waals surface area contributed by atoms with E-state index in [2.05, 4.69) is 44.8 Å². The van der Waals surface area contributed by atoms with Crippen LogP contribution < -0.4 is 0 Å². The number of hydrogen-bond acceptors (Lipinski definition) is 3. The molecule has 104 valence electrons. The largest absolute Gasteiger partial charge is 0.346 e. The van der Waals surface area contributed by atoms with E-state index in [0.717, 1.165) is 28.8 Å². The highest BCUT2D eigenvalue weighted by molar-refractivity contribution is 9.10. The van der Waals surface area contributed by atoms with Crippen LogP contribution in [0.1, 0.15) is 50.0 Å². The van der Waals surface area contributed by atoms with Crippen molar-refractivity contribution < 1.29 is 0 Å².